The summed E-state index contributed by atoms with van der Waals surface area (Å²) in [6, 6.07) is 8.66. The van der Waals surface area contributed by atoms with Gasteiger partial charge in [0.25, 0.3) is 0 Å². The molecule has 0 radical (unpaired) electrons. The third-order valence-electron chi connectivity index (χ3n) is 4.58. The summed E-state index contributed by atoms with van der Waals surface area (Å²) in [7, 11) is 0. The zero-order chi connectivity index (χ0) is 18.0. The van der Waals surface area contributed by atoms with Gasteiger partial charge in [-0.3, -0.25) is 0 Å². The molecule has 3 rings (SSSR count). The van der Waals surface area contributed by atoms with E-state index in [0.29, 0.717) is 29.8 Å². The second-order valence-electron chi connectivity index (χ2n) is 6.44. The maximum absolute atomic E-state index is 13.4. The van der Waals surface area contributed by atoms with Gasteiger partial charge in [-0.2, -0.15) is 0 Å². The molecular weight excluding hydrogens is 326 g/mol. The first-order valence-electron chi connectivity index (χ1n) is 8.24. The van der Waals surface area contributed by atoms with E-state index in [1.165, 1.54) is 18.2 Å². The molecule has 1 aliphatic carbocycles. The summed E-state index contributed by atoms with van der Waals surface area (Å²) >= 11 is 0. The molecule has 0 atom stereocenters. The quantitative estimate of drug-likeness (QED) is 0.650. The lowest BCUT2D eigenvalue weighted by molar-refractivity contribution is 0.0195. The Hall–Kier alpha value is -2.63. The molecule has 132 valence electrons. The summed E-state index contributed by atoms with van der Waals surface area (Å²) in [4.78, 5) is 12.2. The van der Waals surface area contributed by atoms with Gasteiger partial charge in [-0.1, -0.05) is 6.07 Å². The molecule has 25 heavy (non-hydrogen) atoms. The van der Waals surface area contributed by atoms with Crippen molar-refractivity contribution in [1.29, 1.82) is 0 Å². The van der Waals surface area contributed by atoms with Gasteiger partial charge in [0.2, 0.25) is 0 Å². The van der Waals surface area contributed by atoms with E-state index in [0.717, 1.165) is 24.5 Å². The summed E-state index contributed by atoms with van der Waals surface area (Å²) in [5.74, 6) is -1.97. The third kappa shape index (κ3) is 4.07. The fourth-order valence-corrected chi connectivity index (χ4v) is 3.29. The van der Waals surface area contributed by atoms with Gasteiger partial charge in [-0.25, -0.2) is 13.6 Å². The summed E-state index contributed by atoms with van der Waals surface area (Å²) in [6.07, 6.45) is 2.65. The van der Waals surface area contributed by atoms with Crippen LogP contribution >= 0.6 is 0 Å². The molecule has 4 nitrogen and oxygen atoms in total. The van der Waals surface area contributed by atoms with Crippen molar-refractivity contribution in [1.82, 2.24) is 0 Å². The van der Waals surface area contributed by atoms with E-state index in [1.807, 2.05) is 0 Å². The predicted molar refractivity (Wildman–Crippen MR) is 92.0 cm³/mol. The second-order valence-corrected chi connectivity index (χ2v) is 6.44. The number of carbonyl (C=O) groups excluding carboxylic acids is 1. The standard InChI is InChI=1S/C19H20F2N2O2/c20-17-6-3-12(9-18(17)21)11-1-4-16(5-2-11)25-19(24)13-7-14(22)10-15(23)8-13/h3,6-11,16H,1-2,4-5,22-23H2. The molecule has 0 aliphatic heterocycles. The van der Waals surface area contributed by atoms with Crippen LogP contribution in [0.2, 0.25) is 0 Å². The zero-order valence-electron chi connectivity index (χ0n) is 13.7. The van der Waals surface area contributed by atoms with E-state index >= 15 is 0 Å². The van der Waals surface area contributed by atoms with Crippen molar-refractivity contribution < 1.29 is 18.3 Å². The molecule has 0 amide bonds. The number of nitrogens with two attached hydrogens (primary N) is 2. The molecule has 0 aromatic heterocycles. The fraction of sp³-hybridized carbons (Fsp3) is 0.316. The van der Waals surface area contributed by atoms with E-state index in [9.17, 15) is 13.6 Å². The van der Waals surface area contributed by atoms with Crippen LogP contribution in [0.1, 0.15) is 47.5 Å². The van der Waals surface area contributed by atoms with Crippen molar-refractivity contribution >= 4 is 17.3 Å². The first-order valence-corrected chi connectivity index (χ1v) is 8.24. The highest BCUT2D eigenvalue weighted by molar-refractivity contribution is 5.91. The van der Waals surface area contributed by atoms with Crippen LogP contribution in [0.15, 0.2) is 36.4 Å². The zero-order valence-corrected chi connectivity index (χ0v) is 13.7. The minimum absolute atomic E-state index is 0.146. The van der Waals surface area contributed by atoms with Crippen molar-refractivity contribution in [3.8, 4) is 0 Å². The highest BCUT2D eigenvalue weighted by Gasteiger charge is 2.26. The predicted octanol–water partition coefficient (Wildman–Crippen LogP) is 4.01. The number of anilines is 2. The molecule has 1 saturated carbocycles. The Bertz CT molecular complexity index is 767. The van der Waals surface area contributed by atoms with Gasteiger partial charge in [0.15, 0.2) is 11.6 Å². The van der Waals surface area contributed by atoms with Crippen LogP contribution in [0.3, 0.4) is 0 Å². The SMILES string of the molecule is Nc1cc(N)cc(C(=O)OC2CCC(c3ccc(F)c(F)c3)CC2)c1. The van der Waals surface area contributed by atoms with Gasteiger partial charge in [-0.15, -0.1) is 0 Å². The van der Waals surface area contributed by atoms with E-state index < -0.39 is 17.6 Å². The fourth-order valence-electron chi connectivity index (χ4n) is 3.29. The normalized spacial score (nSPS) is 20.2. The smallest absolute Gasteiger partial charge is 0.338 e. The Kier molecular flexibility index (Phi) is 4.88. The maximum Gasteiger partial charge on any atom is 0.338 e. The van der Waals surface area contributed by atoms with Gasteiger partial charge in [0, 0.05) is 11.4 Å². The maximum atomic E-state index is 13.4. The highest BCUT2D eigenvalue weighted by atomic mass is 19.2. The van der Waals surface area contributed by atoms with E-state index in [1.54, 1.807) is 12.1 Å². The molecule has 0 bridgehead atoms. The van der Waals surface area contributed by atoms with Gasteiger partial charge in [0.1, 0.15) is 6.10 Å². The number of halogens is 2. The number of esters is 1. The van der Waals surface area contributed by atoms with Gasteiger partial charge in [-0.05, 0) is 67.5 Å². The molecular formula is C19H20F2N2O2. The van der Waals surface area contributed by atoms with Gasteiger partial charge < -0.3 is 16.2 Å². The van der Waals surface area contributed by atoms with Crippen LogP contribution in [0.4, 0.5) is 20.2 Å². The molecule has 0 saturated heterocycles. The number of carbonyl (C=O) groups is 1. The lowest BCUT2D eigenvalue weighted by Crippen LogP contribution is -2.24. The summed E-state index contributed by atoms with van der Waals surface area (Å²) in [5.41, 5.74) is 13.3. The van der Waals surface area contributed by atoms with Crippen molar-refractivity contribution in [2.24, 2.45) is 0 Å². The third-order valence-corrected chi connectivity index (χ3v) is 4.58. The van der Waals surface area contributed by atoms with Crippen LogP contribution in [0.5, 0.6) is 0 Å². The van der Waals surface area contributed by atoms with E-state index in [2.05, 4.69) is 0 Å². The molecule has 0 heterocycles. The van der Waals surface area contributed by atoms with Crippen LogP contribution in [-0.2, 0) is 4.74 Å². The second kappa shape index (κ2) is 7.09. The summed E-state index contributed by atoms with van der Waals surface area (Å²) in [5, 5.41) is 0. The number of benzene rings is 2. The molecule has 2 aromatic rings. The Labute approximate surface area is 144 Å². The first-order chi connectivity index (χ1) is 11.9. The van der Waals surface area contributed by atoms with Crippen molar-refractivity contribution in [3.05, 3.63) is 59.2 Å². The number of rotatable bonds is 3. The lowest BCUT2D eigenvalue weighted by atomic mass is 9.82. The number of hydrogen-bond acceptors (Lipinski definition) is 4. The Balaban J connectivity index is 1.58. The minimum Gasteiger partial charge on any atom is -0.459 e. The van der Waals surface area contributed by atoms with Crippen molar-refractivity contribution in [2.75, 3.05) is 11.5 Å². The molecule has 1 aliphatic rings. The monoisotopic (exact) mass is 346 g/mol. The highest BCUT2D eigenvalue weighted by Crippen LogP contribution is 2.35. The first kappa shape index (κ1) is 17.2. The topological polar surface area (TPSA) is 78.3 Å². The molecule has 4 N–H and O–H groups in total. The van der Waals surface area contributed by atoms with E-state index in [-0.39, 0.29) is 12.0 Å². The minimum atomic E-state index is -0.840. The molecule has 0 spiro atoms. The molecule has 2 aromatic carbocycles. The largest absolute Gasteiger partial charge is 0.459 e. The Morgan fingerprint density at radius 2 is 1.56 bits per heavy atom. The molecule has 0 unspecified atom stereocenters. The lowest BCUT2D eigenvalue weighted by Gasteiger charge is -2.28. The van der Waals surface area contributed by atoms with Crippen molar-refractivity contribution in [3.63, 3.8) is 0 Å². The molecule has 6 heteroatoms. The summed E-state index contributed by atoms with van der Waals surface area (Å²) in [6.45, 7) is 0. The van der Waals surface area contributed by atoms with Crippen LogP contribution in [0, 0.1) is 11.6 Å². The number of ether oxygens (including phenoxy) is 1. The summed E-state index contributed by atoms with van der Waals surface area (Å²) < 4.78 is 31.9. The number of nitrogen functional groups attached to an aromatic ring is 2. The Morgan fingerprint density at radius 3 is 2.16 bits per heavy atom. The Morgan fingerprint density at radius 1 is 0.920 bits per heavy atom. The number of hydrogen-bond donors (Lipinski definition) is 2. The van der Waals surface area contributed by atoms with Crippen molar-refractivity contribution in [2.45, 2.75) is 37.7 Å². The van der Waals surface area contributed by atoms with Crippen LogP contribution in [0.25, 0.3) is 0 Å². The van der Waals surface area contributed by atoms with Gasteiger partial charge >= 0.3 is 5.97 Å². The molecule has 1 fully saturated rings. The van der Waals surface area contributed by atoms with E-state index in [4.69, 9.17) is 16.2 Å². The van der Waals surface area contributed by atoms with Crippen LogP contribution < -0.4 is 11.5 Å². The average molecular weight is 346 g/mol. The average Bonchev–Trinajstić information content (AvgIpc) is 2.57. The van der Waals surface area contributed by atoms with Crippen LogP contribution in [-0.4, -0.2) is 12.1 Å². The van der Waals surface area contributed by atoms with Gasteiger partial charge in [0.05, 0.1) is 5.56 Å².